The van der Waals surface area contributed by atoms with Gasteiger partial charge in [-0.1, -0.05) is 0 Å². The summed E-state index contributed by atoms with van der Waals surface area (Å²) in [4.78, 5) is 10.7. The van der Waals surface area contributed by atoms with E-state index in [1.807, 2.05) is 0 Å². The van der Waals surface area contributed by atoms with Gasteiger partial charge in [-0.15, -0.1) is 0 Å². The molecule has 0 radical (unpaired) electrons. The van der Waals surface area contributed by atoms with Crippen molar-refractivity contribution < 1.29 is 38.4 Å². The molecule has 0 spiro atoms. The minimum absolute atomic E-state index is 0. The molecule has 0 amide bonds. The molecule has 0 aromatic rings. The average Bonchev–Trinajstić information content (AvgIpc) is 2.00. The maximum Gasteiger partial charge on any atom is 1.00 e. The van der Waals surface area contributed by atoms with Crippen LogP contribution in [0.5, 0.6) is 0 Å². The molecule has 0 aromatic heterocycles. The second kappa shape index (κ2) is 7.15. The van der Waals surface area contributed by atoms with E-state index in [0.717, 1.165) is 11.2 Å². The van der Waals surface area contributed by atoms with Crippen molar-refractivity contribution in [3.05, 3.63) is 0 Å². The van der Waals surface area contributed by atoms with Gasteiger partial charge in [-0.3, -0.25) is 4.79 Å². The summed E-state index contributed by atoms with van der Waals surface area (Å²) in [6.45, 7) is 1.45. The number of carbonyl (C=O) groups excluding carboxylic acids is 1. The topological polar surface area (TPSA) is 44.8 Å². The zero-order chi connectivity index (χ0) is 8.91. The maximum absolute atomic E-state index is 10.7. The summed E-state index contributed by atoms with van der Waals surface area (Å²) in [5.74, 6) is 0. The van der Waals surface area contributed by atoms with Crippen LogP contribution in [-0.4, -0.2) is 34.4 Å². The summed E-state index contributed by atoms with van der Waals surface area (Å²) >= 11 is 0.980. The maximum atomic E-state index is 10.7. The van der Waals surface area contributed by atoms with Crippen LogP contribution in [0.1, 0.15) is 8.35 Å². The average molecular weight is 204 g/mol. The minimum Gasteiger partial charge on any atom is -1.00 e. The molecule has 0 atom stereocenters. The molecule has 0 aliphatic heterocycles. The zero-order valence-electron chi connectivity index (χ0n) is 9.04. The first kappa shape index (κ1) is 15.2. The third kappa shape index (κ3) is 4.67. The Morgan fingerprint density at radius 1 is 1.25 bits per heavy atom. The van der Waals surface area contributed by atoms with Crippen LogP contribution in [0, 0.1) is 0 Å². The first-order chi connectivity index (χ1) is 5.10. The van der Waals surface area contributed by atoms with Gasteiger partial charge >= 0.3 is 26.8 Å². The van der Waals surface area contributed by atoms with Crippen molar-refractivity contribution in [3.8, 4) is 0 Å². The SMILES string of the molecule is CO[Si](OC)(OC)SC(C)=O.[H-].[Li+]. The van der Waals surface area contributed by atoms with Gasteiger partial charge in [0.15, 0.2) is 5.12 Å². The molecule has 0 aromatic carbocycles. The molecule has 0 aliphatic carbocycles. The molecular weight excluding hydrogens is 191 g/mol. The van der Waals surface area contributed by atoms with Gasteiger partial charge in [0.2, 0.25) is 0 Å². The first-order valence-corrected chi connectivity index (χ1v) is 6.22. The van der Waals surface area contributed by atoms with E-state index in [1.165, 1.54) is 28.3 Å². The van der Waals surface area contributed by atoms with Gasteiger partial charge < -0.3 is 14.7 Å². The van der Waals surface area contributed by atoms with Crippen LogP contribution < -0.4 is 18.9 Å². The summed E-state index contributed by atoms with van der Waals surface area (Å²) in [5, 5.41) is -0.0674. The minimum atomic E-state index is -2.71. The van der Waals surface area contributed by atoms with E-state index in [9.17, 15) is 4.79 Å². The third-order valence-electron chi connectivity index (χ3n) is 1.02. The van der Waals surface area contributed by atoms with Crippen LogP contribution in [0.25, 0.3) is 0 Å². The predicted octanol–water partition coefficient (Wildman–Crippen LogP) is -2.24. The van der Waals surface area contributed by atoms with Crippen LogP contribution in [0.3, 0.4) is 0 Å². The summed E-state index contributed by atoms with van der Waals surface area (Å²) in [5.41, 5.74) is 0. The van der Waals surface area contributed by atoms with E-state index >= 15 is 0 Å². The van der Waals surface area contributed by atoms with Crippen LogP contribution in [0.4, 0.5) is 0 Å². The second-order valence-corrected chi connectivity index (χ2v) is 6.82. The van der Waals surface area contributed by atoms with Crippen molar-refractivity contribution >= 4 is 24.3 Å². The molecule has 7 heteroatoms. The van der Waals surface area contributed by atoms with E-state index in [4.69, 9.17) is 13.3 Å². The number of carbonyl (C=O) groups is 1. The van der Waals surface area contributed by atoms with Crippen molar-refractivity contribution in [2.75, 3.05) is 21.3 Å². The number of rotatable bonds is 4. The molecular formula is C5H13LiO4SSi. The molecule has 0 N–H and O–H groups in total. The fourth-order valence-corrected chi connectivity index (χ4v) is 3.46. The van der Waals surface area contributed by atoms with Gasteiger partial charge in [0.1, 0.15) is 0 Å². The Balaban J connectivity index is -0.000000500. The molecule has 0 fully saturated rings. The summed E-state index contributed by atoms with van der Waals surface area (Å²) in [6, 6.07) is 0. The van der Waals surface area contributed by atoms with Crippen molar-refractivity contribution in [3.63, 3.8) is 0 Å². The van der Waals surface area contributed by atoms with Gasteiger partial charge in [0.25, 0.3) is 0 Å². The van der Waals surface area contributed by atoms with Gasteiger partial charge in [0.05, 0.1) is 0 Å². The van der Waals surface area contributed by atoms with Crippen molar-refractivity contribution in [2.45, 2.75) is 6.92 Å². The van der Waals surface area contributed by atoms with E-state index in [1.54, 1.807) is 0 Å². The van der Waals surface area contributed by atoms with Gasteiger partial charge in [0, 0.05) is 28.3 Å². The molecule has 0 unspecified atom stereocenters. The van der Waals surface area contributed by atoms with Crippen molar-refractivity contribution in [1.29, 1.82) is 0 Å². The smallest absolute Gasteiger partial charge is 1.00 e. The van der Waals surface area contributed by atoms with Gasteiger partial charge in [-0.25, -0.2) is 0 Å². The van der Waals surface area contributed by atoms with Crippen molar-refractivity contribution in [2.24, 2.45) is 0 Å². The molecule has 68 valence electrons. The van der Waals surface area contributed by atoms with Crippen LogP contribution in [-0.2, 0) is 18.1 Å². The number of hydrogen-bond donors (Lipinski definition) is 0. The van der Waals surface area contributed by atoms with Crippen LogP contribution in [0.15, 0.2) is 0 Å². The Hall–Kier alpha value is 0.714. The largest absolute Gasteiger partial charge is 1.00 e. The van der Waals surface area contributed by atoms with E-state index < -0.39 is 7.95 Å². The third-order valence-corrected chi connectivity index (χ3v) is 6.17. The molecule has 0 saturated heterocycles. The molecule has 4 nitrogen and oxygen atoms in total. The number of hydrogen-bond acceptors (Lipinski definition) is 5. The normalized spacial score (nSPS) is 10.7. The van der Waals surface area contributed by atoms with Gasteiger partial charge in [-0.05, 0) is 11.2 Å². The Kier molecular flexibility index (Phi) is 9.06. The predicted molar refractivity (Wildman–Crippen MR) is 46.2 cm³/mol. The Morgan fingerprint density at radius 2 is 1.58 bits per heavy atom. The molecule has 0 heterocycles. The Labute approximate surface area is 91.0 Å². The fraction of sp³-hybridized carbons (Fsp3) is 0.800. The molecule has 0 bridgehead atoms. The van der Waals surface area contributed by atoms with E-state index in [0.29, 0.717) is 0 Å². The molecule has 0 rings (SSSR count). The van der Waals surface area contributed by atoms with Crippen LogP contribution >= 0.6 is 11.2 Å². The van der Waals surface area contributed by atoms with E-state index in [2.05, 4.69) is 0 Å². The quantitative estimate of drug-likeness (QED) is 0.484. The molecule has 12 heavy (non-hydrogen) atoms. The fourth-order valence-electron chi connectivity index (χ4n) is 0.551. The van der Waals surface area contributed by atoms with E-state index in [-0.39, 0.29) is 25.4 Å². The Bertz CT molecular complexity index is 138. The van der Waals surface area contributed by atoms with Crippen LogP contribution in [0.2, 0.25) is 0 Å². The summed E-state index contributed by atoms with van der Waals surface area (Å²) in [7, 11) is 1.69. The molecule has 0 aliphatic rings. The van der Waals surface area contributed by atoms with Gasteiger partial charge in [-0.2, -0.15) is 0 Å². The Morgan fingerprint density at radius 3 is 1.67 bits per heavy atom. The van der Waals surface area contributed by atoms with Crippen molar-refractivity contribution in [1.82, 2.24) is 0 Å². The second-order valence-electron chi connectivity index (χ2n) is 1.71. The summed E-state index contributed by atoms with van der Waals surface area (Å²) < 4.78 is 15.0. The monoisotopic (exact) mass is 204 g/mol. The first-order valence-electron chi connectivity index (χ1n) is 2.95. The molecule has 0 saturated carbocycles. The summed E-state index contributed by atoms with van der Waals surface area (Å²) in [6.07, 6.45) is 0. The zero-order valence-corrected chi connectivity index (χ0v) is 9.86. The standard InChI is InChI=1S/C5H12O4SSi.Li.H/c1-5(6)10-11(7-2,8-3)9-4;;/h1-4H3;;/q;+1;-1.